The van der Waals surface area contributed by atoms with Gasteiger partial charge in [-0.3, -0.25) is 37.3 Å². The molecule has 0 heterocycles. The average molecular weight is 1350 g/mol. The number of rotatable bonds is 73. The van der Waals surface area contributed by atoms with Crippen molar-refractivity contribution in [3.05, 3.63) is 0 Å². The summed E-state index contributed by atoms with van der Waals surface area (Å²) >= 11 is 0. The van der Waals surface area contributed by atoms with Gasteiger partial charge in [0.15, 0.2) is 12.2 Å². The monoisotopic (exact) mass is 1350 g/mol. The molecule has 0 aliphatic carbocycles. The number of esters is 4. The van der Waals surface area contributed by atoms with E-state index in [2.05, 4.69) is 34.6 Å². The third-order valence-corrected chi connectivity index (χ3v) is 19.3. The summed E-state index contributed by atoms with van der Waals surface area (Å²) in [5.41, 5.74) is 0. The Morgan fingerprint density at radius 3 is 0.772 bits per heavy atom. The van der Waals surface area contributed by atoms with Crippen molar-refractivity contribution >= 4 is 39.5 Å². The molecule has 0 spiro atoms. The molecule has 0 radical (unpaired) electrons. The minimum Gasteiger partial charge on any atom is -0.462 e. The molecular formula is C73H142O17P2. The van der Waals surface area contributed by atoms with Gasteiger partial charge in [-0.15, -0.1) is 0 Å². The van der Waals surface area contributed by atoms with Gasteiger partial charge in [-0.25, -0.2) is 9.13 Å². The van der Waals surface area contributed by atoms with E-state index >= 15 is 0 Å². The molecule has 0 aromatic rings. The summed E-state index contributed by atoms with van der Waals surface area (Å²) in [5, 5.41) is 10.6. The lowest BCUT2D eigenvalue weighted by Crippen LogP contribution is -2.30. The topological polar surface area (TPSA) is 237 Å². The number of hydrogen-bond donors (Lipinski definition) is 3. The molecule has 0 aliphatic heterocycles. The van der Waals surface area contributed by atoms with Gasteiger partial charge in [0.1, 0.15) is 19.3 Å². The zero-order chi connectivity index (χ0) is 67.7. The van der Waals surface area contributed by atoms with E-state index in [1.165, 1.54) is 205 Å². The Labute approximate surface area is 562 Å². The van der Waals surface area contributed by atoms with E-state index in [9.17, 15) is 43.2 Å². The number of aliphatic hydroxyl groups excluding tert-OH is 1. The molecule has 0 saturated carbocycles. The summed E-state index contributed by atoms with van der Waals surface area (Å²) < 4.78 is 68.4. The van der Waals surface area contributed by atoms with Crippen molar-refractivity contribution < 1.29 is 80.2 Å². The van der Waals surface area contributed by atoms with Crippen molar-refractivity contribution in [3.8, 4) is 0 Å². The molecule has 92 heavy (non-hydrogen) atoms. The molecule has 17 nitrogen and oxygen atoms in total. The van der Waals surface area contributed by atoms with Crippen molar-refractivity contribution in [2.75, 3.05) is 39.6 Å². The van der Waals surface area contributed by atoms with E-state index in [1.807, 2.05) is 0 Å². The Kier molecular flexibility index (Phi) is 64.9. The van der Waals surface area contributed by atoms with Gasteiger partial charge < -0.3 is 33.8 Å². The summed E-state index contributed by atoms with van der Waals surface area (Å²) in [5.74, 6) is -1.35. The first-order valence-electron chi connectivity index (χ1n) is 38.2. The number of aliphatic hydroxyl groups is 1. The zero-order valence-electron chi connectivity index (χ0n) is 59.7. The van der Waals surface area contributed by atoms with E-state index < -0.39 is 97.5 Å². The maximum absolute atomic E-state index is 13.1. The van der Waals surface area contributed by atoms with Gasteiger partial charge in [0.2, 0.25) is 0 Å². The van der Waals surface area contributed by atoms with Gasteiger partial charge in [0.25, 0.3) is 0 Å². The number of carbonyl (C=O) groups excluding carboxylic acids is 4. The molecule has 0 amide bonds. The van der Waals surface area contributed by atoms with E-state index in [0.717, 1.165) is 95.8 Å². The van der Waals surface area contributed by atoms with Crippen LogP contribution >= 0.6 is 15.6 Å². The van der Waals surface area contributed by atoms with Crippen LogP contribution in [0.3, 0.4) is 0 Å². The second-order valence-electron chi connectivity index (χ2n) is 26.6. The molecule has 0 aromatic carbocycles. The zero-order valence-corrected chi connectivity index (χ0v) is 61.5. The molecule has 0 aromatic heterocycles. The van der Waals surface area contributed by atoms with Crippen LogP contribution in [0.25, 0.3) is 0 Å². The Bertz CT molecular complexity index is 1770. The first-order chi connectivity index (χ1) is 44.6. The van der Waals surface area contributed by atoms with Crippen LogP contribution in [0.2, 0.25) is 0 Å². The van der Waals surface area contributed by atoms with E-state index in [1.54, 1.807) is 0 Å². The van der Waals surface area contributed by atoms with Crippen molar-refractivity contribution in [2.24, 2.45) is 5.92 Å². The van der Waals surface area contributed by atoms with Crippen LogP contribution < -0.4 is 0 Å². The SMILES string of the molecule is CCCCCCCCCCCCCCCCCCC(=O)O[C@H](COC(=O)CCCCCCCCCCCCCCCCC)COP(=O)(O)OC[C@@H](O)COP(=O)(O)OC[C@@H](COC(=O)CCCCCCCCCCC)OC(=O)CCCCCCCCCCC(C)CC. The van der Waals surface area contributed by atoms with Crippen molar-refractivity contribution in [3.63, 3.8) is 0 Å². The molecule has 3 N–H and O–H groups in total. The third kappa shape index (κ3) is 65.4. The molecule has 19 heteroatoms. The van der Waals surface area contributed by atoms with Gasteiger partial charge in [-0.1, -0.05) is 330 Å². The Hall–Kier alpha value is -1.94. The van der Waals surface area contributed by atoms with Crippen LogP contribution in [0.5, 0.6) is 0 Å². The second-order valence-corrected chi connectivity index (χ2v) is 29.5. The van der Waals surface area contributed by atoms with E-state index in [-0.39, 0.29) is 25.7 Å². The highest BCUT2D eigenvalue weighted by atomic mass is 31.2. The van der Waals surface area contributed by atoms with E-state index in [4.69, 9.17) is 37.0 Å². The molecule has 546 valence electrons. The van der Waals surface area contributed by atoms with Crippen LogP contribution in [-0.2, 0) is 65.4 Å². The van der Waals surface area contributed by atoms with Gasteiger partial charge in [0, 0.05) is 25.7 Å². The van der Waals surface area contributed by atoms with Gasteiger partial charge in [0.05, 0.1) is 26.4 Å². The maximum Gasteiger partial charge on any atom is 0.472 e. The van der Waals surface area contributed by atoms with Gasteiger partial charge >= 0.3 is 39.5 Å². The number of carbonyl (C=O) groups is 4. The highest BCUT2D eigenvalue weighted by Crippen LogP contribution is 2.45. The van der Waals surface area contributed by atoms with Crippen LogP contribution in [0.1, 0.15) is 381 Å². The molecule has 6 atom stereocenters. The second kappa shape index (κ2) is 66.3. The Morgan fingerprint density at radius 2 is 0.522 bits per heavy atom. The fourth-order valence-electron chi connectivity index (χ4n) is 11.1. The van der Waals surface area contributed by atoms with Crippen molar-refractivity contribution in [2.45, 2.75) is 400 Å². The summed E-state index contributed by atoms with van der Waals surface area (Å²) in [4.78, 5) is 72.6. The number of phosphoric acid groups is 2. The number of unbranched alkanes of at least 4 members (excludes halogenated alkanes) is 44. The van der Waals surface area contributed by atoms with Crippen LogP contribution in [-0.4, -0.2) is 96.7 Å². The molecule has 0 fully saturated rings. The largest absolute Gasteiger partial charge is 0.472 e. The molecule has 0 rings (SSSR count). The minimum atomic E-state index is -4.95. The smallest absolute Gasteiger partial charge is 0.462 e. The van der Waals surface area contributed by atoms with Crippen molar-refractivity contribution in [1.29, 1.82) is 0 Å². The summed E-state index contributed by atoms with van der Waals surface area (Å²) in [6.45, 7) is 7.26. The molecule has 3 unspecified atom stereocenters. The molecule has 0 aliphatic rings. The normalized spacial score (nSPS) is 14.3. The Balaban J connectivity index is 5.24. The van der Waals surface area contributed by atoms with E-state index in [0.29, 0.717) is 25.7 Å². The first kappa shape index (κ1) is 90.1. The fraction of sp³-hybridized carbons (Fsp3) is 0.945. The Morgan fingerprint density at radius 1 is 0.304 bits per heavy atom. The number of hydrogen-bond acceptors (Lipinski definition) is 15. The number of ether oxygens (including phenoxy) is 4. The standard InChI is InChI=1S/C73H142O17P2/c1-6-10-13-16-19-22-24-26-28-30-32-34-37-43-48-53-58-72(77)89-68(63-84-71(76)57-52-47-42-36-33-31-29-27-25-23-20-17-14-11-7-2)64-87-91(79,80)85-60-67(74)61-86-92(81,82)88-65-69(62-83-70(75)56-51-46-41-35-21-18-15-12-8-3)90-73(78)59-54-49-44-39-38-40-45-50-55-66(5)9-4/h66-69,74H,6-65H2,1-5H3,(H,79,80)(H,81,82)/t66?,67-,68-,69-/m1/s1. The predicted octanol–water partition coefficient (Wildman–Crippen LogP) is 21.3. The highest BCUT2D eigenvalue weighted by Gasteiger charge is 2.30. The minimum absolute atomic E-state index is 0.105. The van der Waals surface area contributed by atoms with Crippen molar-refractivity contribution in [1.82, 2.24) is 0 Å². The van der Waals surface area contributed by atoms with Gasteiger partial charge in [-0.2, -0.15) is 0 Å². The van der Waals surface area contributed by atoms with Gasteiger partial charge in [-0.05, 0) is 31.6 Å². The van der Waals surface area contributed by atoms with Crippen LogP contribution in [0.4, 0.5) is 0 Å². The average Bonchev–Trinajstić information content (AvgIpc) is 2.02. The molecule has 0 saturated heterocycles. The summed E-state index contributed by atoms with van der Waals surface area (Å²) in [7, 11) is -9.90. The molecule has 0 bridgehead atoms. The molecular weight excluding hydrogens is 1210 g/mol. The lowest BCUT2D eigenvalue weighted by molar-refractivity contribution is -0.161. The summed E-state index contributed by atoms with van der Waals surface area (Å²) in [6.07, 6.45) is 54.0. The fourth-order valence-corrected chi connectivity index (χ4v) is 12.7. The highest BCUT2D eigenvalue weighted by molar-refractivity contribution is 7.47. The van der Waals surface area contributed by atoms with Crippen LogP contribution in [0.15, 0.2) is 0 Å². The first-order valence-corrected chi connectivity index (χ1v) is 41.2. The quantitative estimate of drug-likeness (QED) is 0.0222. The lowest BCUT2D eigenvalue weighted by Gasteiger charge is -2.21. The third-order valence-electron chi connectivity index (χ3n) is 17.4. The maximum atomic E-state index is 13.1. The summed E-state index contributed by atoms with van der Waals surface area (Å²) in [6, 6.07) is 0. The number of phosphoric ester groups is 2. The lowest BCUT2D eigenvalue weighted by atomic mass is 9.99. The van der Waals surface area contributed by atoms with Crippen LogP contribution in [0, 0.1) is 5.92 Å². The predicted molar refractivity (Wildman–Crippen MR) is 372 cm³/mol.